The van der Waals surface area contributed by atoms with E-state index in [0.29, 0.717) is 13.1 Å². The summed E-state index contributed by atoms with van der Waals surface area (Å²) in [5, 5.41) is 29.9. The molecule has 0 unspecified atom stereocenters. The minimum atomic E-state index is -0.529. The monoisotopic (exact) mass is 318 g/mol. The van der Waals surface area contributed by atoms with Crippen LogP contribution in [0, 0.1) is 11.3 Å². The van der Waals surface area contributed by atoms with E-state index in [9.17, 15) is 4.79 Å². The van der Waals surface area contributed by atoms with E-state index in [1.54, 1.807) is 0 Å². The lowest BCUT2D eigenvalue weighted by atomic mass is 10.1. The molecule has 0 fully saturated rings. The summed E-state index contributed by atoms with van der Waals surface area (Å²) >= 11 is 0. The fourth-order valence-corrected chi connectivity index (χ4v) is 2.01. The molecule has 0 heterocycles. The first-order valence-electron chi connectivity index (χ1n) is 7.28. The number of nitriles is 1. The van der Waals surface area contributed by atoms with Crippen LogP contribution >= 0.6 is 0 Å². The maximum absolute atomic E-state index is 12.2. The Morgan fingerprint density at radius 2 is 1.96 bits per heavy atom. The van der Waals surface area contributed by atoms with Gasteiger partial charge in [0, 0.05) is 32.4 Å². The number of hydrogen-bond donors (Lipinski definition) is 4. The largest absolute Gasteiger partial charge is 0.395 e. The molecule has 23 heavy (non-hydrogen) atoms. The highest BCUT2D eigenvalue weighted by Crippen LogP contribution is 2.05. The van der Waals surface area contributed by atoms with Crippen molar-refractivity contribution in [1.29, 1.82) is 5.26 Å². The quantitative estimate of drug-likeness (QED) is 0.358. The molecule has 124 valence electrons. The number of rotatable bonds is 9. The third-order valence-corrected chi connectivity index (χ3v) is 3.16. The predicted molar refractivity (Wildman–Crippen MR) is 85.6 cm³/mol. The average Bonchev–Trinajstić information content (AvgIpc) is 2.58. The second kappa shape index (κ2) is 10.3. The van der Waals surface area contributed by atoms with Crippen LogP contribution in [0.5, 0.6) is 0 Å². The molecule has 0 bridgehead atoms. The number of benzene rings is 1. The Morgan fingerprint density at radius 1 is 1.30 bits per heavy atom. The highest BCUT2D eigenvalue weighted by Gasteiger charge is 2.17. The second-order valence-electron chi connectivity index (χ2n) is 4.81. The molecule has 0 aromatic heterocycles. The number of nitrogens with one attached hydrogen (secondary N) is 1. The van der Waals surface area contributed by atoms with E-state index < -0.39 is 5.91 Å². The summed E-state index contributed by atoms with van der Waals surface area (Å²) in [5.74, 6) is -0.529. The number of nitrogens with two attached hydrogens (primary N) is 1. The molecule has 0 saturated carbocycles. The number of hydrogen-bond acceptors (Lipinski definition) is 6. The van der Waals surface area contributed by atoms with Crippen LogP contribution in [-0.4, -0.2) is 47.3 Å². The number of aliphatic hydroxyl groups excluding tert-OH is 2. The van der Waals surface area contributed by atoms with Gasteiger partial charge in [-0.05, 0) is 11.1 Å². The fraction of sp³-hybridized carbons (Fsp3) is 0.375. The van der Waals surface area contributed by atoms with E-state index in [2.05, 4.69) is 5.32 Å². The molecule has 0 saturated heterocycles. The molecule has 0 aliphatic carbocycles. The van der Waals surface area contributed by atoms with Crippen LogP contribution in [-0.2, 0) is 17.9 Å². The first kappa shape index (κ1) is 18.6. The maximum Gasteiger partial charge on any atom is 0.266 e. The highest BCUT2D eigenvalue weighted by atomic mass is 16.3. The van der Waals surface area contributed by atoms with E-state index in [0.717, 1.165) is 11.1 Å². The van der Waals surface area contributed by atoms with Crippen LogP contribution in [0.15, 0.2) is 36.0 Å². The minimum absolute atomic E-state index is 0.0664. The molecule has 0 radical (unpaired) electrons. The average molecular weight is 318 g/mol. The molecule has 1 aromatic rings. The van der Waals surface area contributed by atoms with Gasteiger partial charge in [-0.1, -0.05) is 24.3 Å². The van der Waals surface area contributed by atoms with Crippen molar-refractivity contribution in [2.24, 2.45) is 5.73 Å². The van der Waals surface area contributed by atoms with Gasteiger partial charge in [-0.2, -0.15) is 5.26 Å². The molecular formula is C16H22N4O3. The topological polar surface area (TPSA) is 123 Å². The van der Waals surface area contributed by atoms with Gasteiger partial charge in [0.25, 0.3) is 5.91 Å². The molecule has 0 atom stereocenters. The van der Waals surface area contributed by atoms with E-state index in [4.69, 9.17) is 21.2 Å². The Labute approximate surface area is 135 Å². The highest BCUT2D eigenvalue weighted by molar-refractivity contribution is 5.97. The Balaban J connectivity index is 2.70. The number of aliphatic hydroxyl groups is 2. The summed E-state index contributed by atoms with van der Waals surface area (Å²) in [4.78, 5) is 13.4. The van der Waals surface area contributed by atoms with E-state index in [-0.39, 0.29) is 31.9 Å². The lowest BCUT2D eigenvalue weighted by molar-refractivity contribution is -0.127. The van der Waals surface area contributed by atoms with Crippen molar-refractivity contribution in [1.82, 2.24) is 10.2 Å². The van der Waals surface area contributed by atoms with Crippen LogP contribution in [0.4, 0.5) is 0 Å². The molecule has 7 heteroatoms. The second-order valence-corrected chi connectivity index (χ2v) is 4.81. The summed E-state index contributed by atoms with van der Waals surface area (Å²) in [5.41, 5.74) is 7.48. The molecule has 0 spiro atoms. The number of amides is 1. The van der Waals surface area contributed by atoms with Crippen LogP contribution in [0.2, 0.25) is 0 Å². The van der Waals surface area contributed by atoms with Crippen LogP contribution in [0.25, 0.3) is 0 Å². The van der Waals surface area contributed by atoms with Crippen LogP contribution < -0.4 is 11.1 Å². The van der Waals surface area contributed by atoms with Crippen molar-refractivity contribution in [3.05, 3.63) is 47.2 Å². The molecule has 0 aliphatic rings. The van der Waals surface area contributed by atoms with Crippen molar-refractivity contribution >= 4 is 5.91 Å². The van der Waals surface area contributed by atoms with Crippen LogP contribution in [0.1, 0.15) is 11.1 Å². The van der Waals surface area contributed by atoms with E-state index in [1.165, 1.54) is 11.1 Å². The number of carbonyl (C=O) groups excluding carboxylic acids is 1. The van der Waals surface area contributed by atoms with Gasteiger partial charge >= 0.3 is 0 Å². The molecule has 1 rings (SSSR count). The van der Waals surface area contributed by atoms with E-state index in [1.807, 2.05) is 30.3 Å². The predicted octanol–water partition coefficient (Wildman–Crippen LogP) is -0.544. The first-order chi connectivity index (χ1) is 11.2. The summed E-state index contributed by atoms with van der Waals surface area (Å²) < 4.78 is 0. The molecule has 1 aromatic carbocycles. The number of nitrogens with zero attached hydrogens (tertiary/aromatic N) is 2. The van der Waals surface area contributed by atoms with Gasteiger partial charge < -0.3 is 26.2 Å². The summed E-state index contributed by atoms with van der Waals surface area (Å²) in [7, 11) is 0. The van der Waals surface area contributed by atoms with Crippen molar-refractivity contribution in [3.8, 4) is 6.07 Å². The summed E-state index contributed by atoms with van der Waals surface area (Å²) in [6.07, 6.45) is 1.35. The Morgan fingerprint density at radius 3 is 2.52 bits per heavy atom. The molecule has 5 N–H and O–H groups in total. The van der Waals surface area contributed by atoms with Gasteiger partial charge in [-0.3, -0.25) is 4.79 Å². The number of carbonyl (C=O) groups is 1. The fourth-order valence-electron chi connectivity index (χ4n) is 2.01. The zero-order chi connectivity index (χ0) is 17.1. The molecular weight excluding hydrogens is 296 g/mol. The van der Waals surface area contributed by atoms with Gasteiger partial charge in [-0.15, -0.1) is 0 Å². The maximum atomic E-state index is 12.2. The summed E-state index contributed by atoms with van der Waals surface area (Å²) in [6, 6.07) is 9.50. The smallest absolute Gasteiger partial charge is 0.266 e. The van der Waals surface area contributed by atoms with Gasteiger partial charge in [0.05, 0.1) is 13.2 Å². The van der Waals surface area contributed by atoms with Gasteiger partial charge in [0.2, 0.25) is 0 Å². The zero-order valence-electron chi connectivity index (χ0n) is 12.9. The lowest BCUT2D eigenvalue weighted by Gasteiger charge is -2.20. The molecule has 1 amide bonds. The summed E-state index contributed by atoms with van der Waals surface area (Å²) in [6.45, 7) is 0.566. The zero-order valence-corrected chi connectivity index (χ0v) is 12.9. The third-order valence-electron chi connectivity index (χ3n) is 3.16. The van der Waals surface area contributed by atoms with Crippen LogP contribution in [0.3, 0.4) is 0 Å². The van der Waals surface area contributed by atoms with Gasteiger partial charge in [0.1, 0.15) is 11.6 Å². The van der Waals surface area contributed by atoms with Gasteiger partial charge in [0.15, 0.2) is 0 Å². The normalized spacial score (nSPS) is 11.0. The first-order valence-corrected chi connectivity index (χ1v) is 7.28. The van der Waals surface area contributed by atoms with Gasteiger partial charge in [-0.25, -0.2) is 0 Å². The molecule has 0 aliphatic heterocycles. The Kier molecular flexibility index (Phi) is 8.39. The minimum Gasteiger partial charge on any atom is -0.395 e. The van der Waals surface area contributed by atoms with Crippen molar-refractivity contribution in [3.63, 3.8) is 0 Å². The molecule has 7 nitrogen and oxygen atoms in total. The van der Waals surface area contributed by atoms with Crippen molar-refractivity contribution in [2.45, 2.75) is 13.1 Å². The van der Waals surface area contributed by atoms with Crippen molar-refractivity contribution in [2.75, 3.05) is 26.3 Å². The Hall–Kier alpha value is -2.40. The lowest BCUT2D eigenvalue weighted by Crippen LogP contribution is -2.37. The Bertz CT molecular complexity index is 575. The third kappa shape index (κ3) is 6.08. The van der Waals surface area contributed by atoms with E-state index >= 15 is 0 Å². The SMILES string of the molecule is N#C/C(=C/NCc1cccc(CN)c1)C(=O)N(CCO)CCO. The van der Waals surface area contributed by atoms with Crippen molar-refractivity contribution < 1.29 is 15.0 Å². The standard InChI is InChI=1S/C16H22N4O3/c17-9-13-2-1-3-14(8-13)11-19-12-15(10-18)16(23)20(4-6-21)5-7-22/h1-3,8,12,19,21-22H,4-7,9,11,17H2/b15-12-.